The number of carbonyl (C=O) groups is 2. The zero-order chi connectivity index (χ0) is 23.5. The molecule has 1 aliphatic rings. The summed E-state index contributed by atoms with van der Waals surface area (Å²) >= 11 is 0. The molecular formula is C23H28ClF3N2O4. The number of benzene rings is 1. The van der Waals surface area contributed by atoms with Gasteiger partial charge in [0.2, 0.25) is 5.91 Å². The fourth-order valence-electron chi connectivity index (χ4n) is 4.01. The molecule has 1 aromatic heterocycles. The molecule has 1 heterocycles. The van der Waals surface area contributed by atoms with E-state index in [4.69, 9.17) is 4.74 Å². The minimum atomic E-state index is -4.77. The Balaban J connectivity index is 0.00000385. The molecule has 3 rings (SSSR count). The molecule has 10 heteroatoms. The van der Waals surface area contributed by atoms with E-state index in [1.807, 2.05) is 19.1 Å². The molecule has 2 N–H and O–H groups in total. The normalized spacial score (nSPS) is 18.2. The van der Waals surface area contributed by atoms with E-state index < -0.39 is 18.2 Å². The number of halogens is 4. The molecule has 0 saturated heterocycles. The molecule has 1 aliphatic carbocycles. The van der Waals surface area contributed by atoms with E-state index in [-0.39, 0.29) is 42.7 Å². The number of aromatic amines is 1. The van der Waals surface area contributed by atoms with E-state index in [0.29, 0.717) is 30.2 Å². The average molecular weight is 489 g/mol. The monoisotopic (exact) mass is 488 g/mol. The fourth-order valence-corrected chi connectivity index (χ4v) is 4.01. The number of amides is 1. The van der Waals surface area contributed by atoms with E-state index in [1.165, 1.54) is 18.2 Å². The summed E-state index contributed by atoms with van der Waals surface area (Å²) in [7, 11) is 0. The van der Waals surface area contributed by atoms with Crippen molar-refractivity contribution in [3.05, 3.63) is 41.6 Å². The summed E-state index contributed by atoms with van der Waals surface area (Å²) in [5, 5.41) is 3.48. The number of hydrogen-bond donors (Lipinski definition) is 2. The van der Waals surface area contributed by atoms with Gasteiger partial charge in [0.05, 0.1) is 17.9 Å². The van der Waals surface area contributed by atoms with Crippen LogP contribution in [0.4, 0.5) is 13.2 Å². The summed E-state index contributed by atoms with van der Waals surface area (Å²) in [6.45, 7) is 5.63. The van der Waals surface area contributed by atoms with Crippen LogP contribution in [-0.2, 0) is 20.7 Å². The number of allylic oxidation sites excluding steroid dienone is 2. The maximum absolute atomic E-state index is 12.8. The summed E-state index contributed by atoms with van der Waals surface area (Å²) in [4.78, 5) is 28.3. The van der Waals surface area contributed by atoms with Gasteiger partial charge in [-0.2, -0.15) is 0 Å². The lowest BCUT2D eigenvalue weighted by Gasteiger charge is -2.26. The highest BCUT2D eigenvalue weighted by molar-refractivity contribution is 5.87. The van der Waals surface area contributed by atoms with Gasteiger partial charge in [0, 0.05) is 23.1 Å². The molecule has 2 aromatic rings. The number of esters is 1. The summed E-state index contributed by atoms with van der Waals surface area (Å²) in [6, 6.07) is 4.13. The van der Waals surface area contributed by atoms with Gasteiger partial charge in [-0.3, -0.25) is 9.59 Å². The minimum absolute atomic E-state index is 0. The number of alkyl halides is 3. The van der Waals surface area contributed by atoms with E-state index in [1.54, 1.807) is 13.8 Å². The topological polar surface area (TPSA) is 80.4 Å². The van der Waals surface area contributed by atoms with Crippen LogP contribution in [0.25, 0.3) is 10.9 Å². The van der Waals surface area contributed by atoms with Crippen LogP contribution >= 0.6 is 12.4 Å². The lowest BCUT2D eigenvalue weighted by molar-refractivity contribution is -0.274. The molecule has 0 fully saturated rings. The van der Waals surface area contributed by atoms with Gasteiger partial charge in [-0.05, 0) is 63.8 Å². The van der Waals surface area contributed by atoms with Crippen LogP contribution in [0.15, 0.2) is 30.4 Å². The van der Waals surface area contributed by atoms with Gasteiger partial charge < -0.3 is 19.8 Å². The number of aromatic nitrogens is 1. The fraction of sp³-hybridized carbons (Fsp3) is 0.478. The lowest BCUT2D eigenvalue weighted by Crippen LogP contribution is -2.40. The lowest BCUT2D eigenvalue weighted by atomic mass is 9.82. The van der Waals surface area contributed by atoms with E-state index in [0.717, 1.165) is 11.3 Å². The van der Waals surface area contributed by atoms with Crippen LogP contribution in [0.1, 0.15) is 37.9 Å². The second-order valence-electron chi connectivity index (χ2n) is 8.17. The van der Waals surface area contributed by atoms with Crippen LogP contribution in [0.2, 0.25) is 0 Å². The second-order valence-corrected chi connectivity index (χ2v) is 8.17. The number of aryl methyl sites for hydroxylation is 1. The number of fused-ring (bicyclic) bond motifs is 1. The molecule has 1 amide bonds. The predicted molar refractivity (Wildman–Crippen MR) is 120 cm³/mol. The molecule has 182 valence electrons. The molecular weight excluding hydrogens is 461 g/mol. The molecule has 33 heavy (non-hydrogen) atoms. The first-order valence-corrected chi connectivity index (χ1v) is 10.6. The van der Waals surface area contributed by atoms with Gasteiger partial charge in [0.1, 0.15) is 5.75 Å². The zero-order valence-corrected chi connectivity index (χ0v) is 19.4. The first kappa shape index (κ1) is 26.6. The maximum Gasteiger partial charge on any atom is 0.573 e. The van der Waals surface area contributed by atoms with Gasteiger partial charge in [-0.15, -0.1) is 25.6 Å². The summed E-state index contributed by atoms with van der Waals surface area (Å²) in [5.74, 6) is -1.95. The summed E-state index contributed by atoms with van der Waals surface area (Å²) in [6.07, 6.45) is 0.0572. The summed E-state index contributed by atoms with van der Waals surface area (Å²) in [5.41, 5.74) is 2.29. The molecule has 2 unspecified atom stereocenters. The third kappa shape index (κ3) is 6.90. The number of H-pyrrole nitrogens is 1. The van der Waals surface area contributed by atoms with E-state index in [9.17, 15) is 22.8 Å². The summed E-state index contributed by atoms with van der Waals surface area (Å²) < 4.78 is 47.0. The highest BCUT2D eigenvalue weighted by Crippen LogP contribution is 2.30. The van der Waals surface area contributed by atoms with Crippen LogP contribution < -0.4 is 10.1 Å². The van der Waals surface area contributed by atoms with Gasteiger partial charge >= 0.3 is 12.3 Å². The maximum atomic E-state index is 12.8. The van der Waals surface area contributed by atoms with Crippen molar-refractivity contribution in [1.29, 1.82) is 0 Å². The van der Waals surface area contributed by atoms with Crippen LogP contribution in [0, 0.1) is 18.8 Å². The molecule has 0 radical (unpaired) electrons. The SMILES string of the molecule is Cc1[nH]c2ccc(OC(F)(F)F)cc2c1CCNC(=O)C1CC=CCC1C(=O)OC(C)C.Cl. The van der Waals surface area contributed by atoms with E-state index >= 15 is 0 Å². The Bertz CT molecular complexity index is 1020. The van der Waals surface area contributed by atoms with Crippen molar-refractivity contribution in [1.82, 2.24) is 10.3 Å². The molecule has 0 saturated carbocycles. The van der Waals surface area contributed by atoms with Gasteiger partial charge in [0.25, 0.3) is 0 Å². The Labute approximate surface area is 196 Å². The smallest absolute Gasteiger partial charge is 0.463 e. The van der Waals surface area contributed by atoms with Crippen molar-refractivity contribution in [2.45, 2.75) is 52.5 Å². The highest BCUT2D eigenvalue weighted by atomic mass is 35.5. The van der Waals surface area contributed by atoms with Crippen LogP contribution in [0.3, 0.4) is 0 Å². The number of hydrogen-bond acceptors (Lipinski definition) is 4. The Morgan fingerprint density at radius 2 is 1.85 bits per heavy atom. The Morgan fingerprint density at radius 1 is 1.18 bits per heavy atom. The van der Waals surface area contributed by atoms with Gasteiger partial charge in [0.15, 0.2) is 0 Å². The van der Waals surface area contributed by atoms with Crippen molar-refractivity contribution in [2.24, 2.45) is 11.8 Å². The Hall–Kier alpha value is -2.68. The number of nitrogens with one attached hydrogen (secondary N) is 2. The molecule has 6 nitrogen and oxygen atoms in total. The Kier molecular flexibility index (Phi) is 8.82. The number of rotatable bonds is 7. The first-order valence-electron chi connectivity index (χ1n) is 10.6. The van der Waals surface area contributed by atoms with Crippen molar-refractivity contribution in [2.75, 3.05) is 6.54 Å². The van der Waals surface area contributed by atoms with Gasteiger partial charge in [-0.1, -0.05) is 12.2 Å². The average Bonchev–Trinajstić information content (AvgIpc) is 3.01. The molecule has 0 spiro atoms. The zero-order valence-electron chi connectivity index (χ0n) is 18.6. The quantitative estimate of drug-likeness (QED) is 0.425. The van der Waals surface area contributed by atoms with Gasteiger partial charge in [-0.25, -0.2) is 0 Å². The predicted octanol–water partition coefficient (Wildman–Crippen LogP) is 4.99. The van der Waals surface area contributed by atoms with Crippen molar-refractivity contribution >= 4 is 35.2 Å². The van der Waals surface area contributed by atoms with Crippen LogP contribution in [-0.4, -0.2) is 35.9 Å². The van der Waals surface area contributed by atoms with E-state index in [2.05, 4.69) is 15.0 Å². The molecule has 1 aromatic carbocycles. The largest absolute Gasteiger partial charge is 0.573 e. The Morgan fingerprint density at radius 3 is 2.48 bits per heavy atom. The van der Waals surface area contributed by atoms with Crippen LogP contribution in [0.5, 0.6) is 5.75 Å². The van der Waals surface area contributed by atoms with Crippen molar-refractivity contribution in [3.63, 3.8) is 0 Å². The van der Waals surface area contributed by atoms with Crippen molar-refractivity contribution < 1.29 is 32.2 Å². The first-order chi connectivity index (χ1) is 15.0. The third-order valence-corrected chi connectivity index (χ3v) is 5.42. The number of ether oxygens (including phenoxy) is 2. The second kappa shape index (κ2) is 11.0. The number of carbonyl (C=O) groups excluding carboxylic acids is 2. The molecule has 0 aliphatic heterocycles. The highest BCUT2D eigenvalue weighted by Gasteiger charge is 2.35. The third-order valence-electron chi connectivity index (χ3n) is 5.42. The molecule has 2 atom stereocenters. The minimum Gasteiger partial charge on any atom is -0.463 e. The standard InChI is InChI=1S/C23H27F3N2O4.ClH/c1-13(2)31-22(30)18-7-5-4-6-17(18)21(29)27-11-10-16-14(3)28-20-9-8-15(12-19(16)20)32-23(24,25)26;/h4-5,8-9,12-13,17-18,28H,6-7,10-11H2,1-3H3,(H,27,29);1H. The van der Waals surface area contributed by atoms with Crippen molar-refractivity contribution in [3.8, 4) is 5.75 Å². The molecule has 0 bridgehead atoms.